The number of carbonyl (C=O) groups excluding carboxylic acids is 1. The molecule has 2 atom stereocenters. The van der Waals surface area contributed by atoms with Gasteiger partial charge in [0.05, 0.1) is 5.75 Å². The van der Waals surface area contributed by atoms with Crippen LogP contribution in [-0.2, 0) is 11.4 Å². The molecule has 1 amide bonds. The quantitative estimate of drug-likeness (QED) is 0.573. The molecule has 152 valence electrons. The Bertz CT molecular complexity index is 975. The van der Waals surface area contributed by atoms with E-state index in [-0.39, 0.29) is 24.3 Å². The predicted octanol–water partition coefficient (Wildman–Crippen LogP) is 4.59. The fourth-order valence-corrected chi connectivity index (χ4v) is 4.26. The largest absolute Gasteiger partial charge is 0.484 e. The first-order valence-corrected chi connectivity index (χ1v) is 11.0. The summed E-state index contributed by atoms with van der Waals surface area (Å²) in [6.07, 6.45) is 4.69. The van der Waals surface area contributed by atoms with Gasteiger partial charge in [-0.25, -0.2) is 0 Å². The smallest absolute Gasteiger partial charge is 0.277 e. The molecule has 2 aromatic carbocycles. The lowest BCUT2D eigenvalue weighted by Gasteiger charge is -2.29. The lowest BCUT2D eigenvalue weighted by Crippen LogP contribution is -2.41. The van der Waals surface area contributed by atoms with Crippen LogP contribution in [0.1, 0.15) is 38.5 Å². The predicted molar refractivity (Wildman–Crippen MR) is 113 cm³/mol. The summed E-state index contributed by atoms with van der Waals surface area (Å²) < 4.78 is 11.4. The Hall–Kier alpha value is -2.54. The summed E-state index contributed by atoms with van der Waals surface area (Å²) in [5, 5.41) is 13.8. The first kappa shape index (κ1) is 19.8. The molecule has 0 spiro atoms. The van der Waals surface area contributed by atoms with Crippen molar-refractivity contribution < 1.29 is 13.9 Å². The van der Waals surface area contributed by atoms with Gasteiger partial charge in [-0.2, -0.15) is 0 Å². The molecule has 1 heterocycles. The van der Waals surface area contributed by atoms with Gasteiger partial charge in [0.25, 0.3) is 11.1 Å². The highest BCUT2D eigenvalue weighted by molar-refractivity contribution is 7.99. The van der Waals surface area contributed by atoms with E-state index in [9.17, 15) is 4.79 Å². The van der Waals surface area contributed by atoms with Crippen molar-refractivity contribution in [2.45, 2.75) is 50.5 Å². The van der Waals surface area contributed by atoms with Crippen molar-refractivity contribution in [1.29, 1.82) is 0 Å². The third kappa shape index (κ3) is 5.29. The lowest BCUT2D eigenvalue weighted by molar-refractivity contribution is -0.119. The molecule has 29 heavy (non-hydrogen) atoms. The minimum atomic E-state index is 0.0147. The van der Waals surface area contributed by atoms with Crippen LogP contribution in [-0.4, -0.2) is 27.9 Å². The van der Waals surface area contributed by atoms with Gasteiger partial charge in [-0.05, 0) is 41.7 Å². The highest BCUT2D eigenvalue weighted by atomic mass is 32.2. The van der Waals surface area contributed by atoms with Gasteiger partial charge in [-0.3, -0.25) is 4.79 Å². The van der Waals surface area contributed by atoms with Crippen LogP contribution < -0.4 is 10.1 Å². The van der Waals surface area contributed by atoms with Gasteiger partial charge in [0.2, 0.25) is 5.91 Å². The molecule has 1 aliphatic rings. The average molecular weight is 412 g/mol. The van der Waals surface area contributed by atoms with Crippen LogP contribution in [0.4, 0.5) is 0 Å². The van der Waals surface area contributed by atoms with Crippen molar-refractivity contribution >= 4 is 28.4 Å². The van der Waals surface area contributed by atoms with Crippen molar-refractivity contribution in [3.63, 3.8) is 0 Å². The Balaban J connectivity index is 1.25. The highest BCUT2D eigenvalue weighted by Crippen LogP contribution is 2.25. The van der Waals surface area contributed by atoms with E-state index in [1.54, 1.807) is 0 Å². The third-order valence-electron chi connectivity index (χ3n) is 5.32. The van der Waals surface area contributed by atoms with Gasteiger partial charge in [0, 0.05) is 6.04 Å². The summed E-state index contributed by atoms with van der Waals surface area (Å²) in [4.78, 5) is 12.2. The number of nitrogens with zero attached hydrogens (tertiary/aromatic N) is 2. The lowest BCUT2D eigenvalue weighted by atomic mass is 9.86. The van der Waals surface area contributed by atoms with E-state index in [1.807, 2.05) is 36.4 Å². The maximum Gasteiger partial charge on any atom is 0.277 e. The van der Waals surface area contributed by atoms with Crippen LogP contribution in [0, 0.1) is 5.92 Å². The summed E-state index contributed by atoms with van der Waals surface area (Å²) in [6.45, 7) is 2.40. The Morgan fingerprint density at radius 3 is 2.86 bits per heavy atom. The first-order valence-electron chi connectivity index (χ1n) is 10.0. The van der Waals surface area contributed by atoms with Crippen LogP contribution >= 0.6 is 11.8 Å². The Morgan fingerprint density at radius 2 is 2.00 bits per heavy atom. The SMILES string of the molecule is C[C@H]1CCCC[C@H]1NC(=O)CSc1nnc(COc2ccc3ccccc3c2)o1. The molecule has 1 fully saturated rings. The molecule has 1 N–H and O–H groups in total. The molecule has 6 nitrogen and oxygen atoms in total. The Morgan fingerprint density at radius 1 is 1.17 bits per heavy atom. The van der Waals surface area contributed by atoms with Crippen LogP contribution in [0.25, 0.3) is 10.8 Å². The van der Waals surface area contributed by atoms with E-state index in [0.29, 0.717) is 17.0 Å². The molecule has 0 radical (unpaired) electrons. The monoisotopic (exact) mass is 411 g/mol. The molecule has 0 unspecified atom stereocenters. The molecule has 4 rings (SSSR count). The number of benzene rings is 2. The molecule has 1 saturated carbocycles. The van der Waals surface area contributed by atoms with Crippen LogP contribution in [0.3, 0.4) is 0 Å². The number of nitrogens with one attached hydrogen (secondary N) is 1. The fourth-order valence-electron chi connectivity index (χ4n) is 3.66. The van der Waals surface area contributed by atoms with Crippen molar-refractivity contribution in [2.75, 3.05) is 5.75 Å². The topological polar surface area (TPSA) is 77.2 Å². The molecule has 1 aromatic heterocycles. The van der Waals surface area contributed by atoms with Crippen molar-refractivity contribution in [3.8, 4) is 5.75 Å². The van der Waals surface area contributed by atoms with Crippen LogP contribution in [0.15, 0.2) is 52.1 Å². The average Bonchev–Trinajstić information content (AvgIpc) is 3.20. The van der Waals surface area contributed by atoms with Gasteiger partial charge < -0.3 is 14.5 Å². The highest BCUT2D eigenvalue weighted by Gasteiger charge is 2.23. The Kier molecular flexibility index (Phi) is 6.34. The molecular formula is C22H25N3O3S. The zero-order valence-corrected chi connectivity index (χ0v) is 17.3. The van der Waals surface area contributed by atoms with Gasteiger partial charge >= 0.3 is 0 Å². The van der Waals surface area contributed by atoms with E-state index in [1.165, 1.54) is 31.0 Å². The van der Waals surface area contributed by atoms with Gasteiger partial charge in [-0.1, -0.05) is 61.9 Å². The standard InChI is InChI=1S/C22H25N3O3S/c1-15-6-2-5-9-19(15)23-20(26)14-29-22-25-24-21(28-22)13-27-18-11-10-16-7-3-4-8-17(16)12-18/h3-4,7-8,10-12,15,19H,2,5-6,9,13-14H2,1H3,(H,23,26)/t15-,19+/m0/s1. The number of fused-ring (bicyclic) bond motifs is 1. The number of carbonyl (C=O) groups is 1. The number of amides is 1. The number of rotatable bonds is 7. The summed E-state index contributed by atoms with van der Waals surface area (Å²) in [6, 6.07) is 14.3. The van der Waals surface area contributed by atoms with E-state index in [0.717, 1.165) is 22.9 Å². The molecule has 3 aromatic rings. The maximum absolute atomic E-state index is 12.2. The molecule has 0 saturated heterocycles. The Labute approximate surface area is 174 Å². The zero-order chi connectivity index (χ0) is 20.1. The minimum absolute atomic E-state index is 0.0147. The second-order valence-electron chi connectivity index (χ2n) is 7.48. The third-order valence-corrected chi connectivity index (χ3v) is 6.13. The normalized spacial score (nSPS) is 19.2. The van der Waals surface area contributed by atoms with Gasteiger partial charge in [0.15, 0.2) is 6.61 Å². The number of hydrogen-bond donors (Lipinski definition) is 1. The molecule has 1 aliphatic carbocycles. The minimum Gasteiger partial charge on any atom is -0.484 e. The second-order valence-corrected chi connectivity index (χ2v) is 8.41. The molecule has 7 heteroatoms. The number of hydrogen-bond acceptors (Lipinski definition) is 6. The summed E-state index contributed by atoms with van der Waals surface area (Å²) in [5.41, 5.74) is 0. The van der Waals surface area contributed by atoms with Crippen molar-refractivity contribution in [3.05, 3.63) is 48.4 Å². The summed E-state index contributed by atoms with van der Waals surface area (Å²) in [5.74, 6) is 1.97. The van der Waals surface area contributed by atoms with Crippen LogP contribution in [0.5, 0.6) is 5.75 Å². The van der Waals surface area contributed by atoms with Crippen LogP contribution in [0.2, 0.25) is 0 Å². The summed E-state index contributed by atoms with van der Waals surface area (Å²) in [7, 11) is 0. The molecule has 0 bridgehead atoms. The summed E-state index contributed by atoms with van der Waals surface area (Å²) >= 11 is 1.25. The fraction of sp³-hybridized carbons (Fsp3) is 0.409. The second kappa shape index (κ2) is 9.31. The number of aromatic nitrogens is 2. The molecule has 0 aliphatic heterocycles. The van der Waals surface area contributed by atoms with Gasteiger partial charge in [-0.15, -0.1) is 10.2 Å². The van der Waals surface area contributed by atoms with E-state index < -0.39 is 0 Å². The van der Waals surface area contributed by atoms with Crippen molar-refractivity contribution in [1.82, 2.24) is 15.5 Å². The zero-order valence-electron chi connectivity index (χ0n) is 16.5. The first-order chi connectivity index (χ1) is 14.2. The number of thioether (sulfide) groups is 1. The molecular weight excluding hydrogens is 386 g/mol. The van der Waals surface area contributed by atoms with Gasteiger partial charge in [0.1, 0.15) is 5.75 Å². The van der Waals surface area contributed by atoms with E-state index in [2.05, 4.69) is 28.5 Å². The van der Waals surface area contributed by atoms with E-state index >= 15 is 0 Å². The number of ether oxygens (including phenoxy) is 1. The van der Waals surface area contributed by atoms with Crippen molar-refractivity contribution in [2.24, 2.45) is 5.92 Å². The maximum atomic E-state index is 12.2. The van der Waals surface area contributed by atoms with E-state index in [4.69, 9.17) is 9.15 Å².